The van der Waals surface area contributed by atoms with E-state index in [0.29, 0.717) is 19.4 Å². The predicted molar refractivity (Wildman–Crippen MR) is 112 cm³/mol. The highest BCUT2D eigenvalue weighted by Gasteiger charge is 2.34. The highest BCUT2D eigenvalue weighted by Crippen LogP contribution is 2.25. The number of ether oxygens (including phenoxy) is 1. The second-order valence-corrected chi connectivity index (χ2v) is 9.21. The molecule has 1 saturated heterocycles. The summed E-state index contributed by atoms with van der Waals surface area (Å²) >= 11 is 0. The van der Waals surface area contributed by atoms with Gasteiger partial charge in [-0.05, 0) is 30.5 Å². The van der Waals surface area contributed by atoms with Crippen LogP contribution in [0.25, 0.3) is 0 Å². The number of carbonyl (C=O) groups excluding carboxylic acids is 2. The predicted octanol–water partition coefficient (Wildman–Crippen LogP) is 2.51. The Morgan fingerprint density at radius 2 is 1.73 bits per heavy atom. The van der Waals surface area contributed by atoms with Crippen LogP contribution in [0.15, 0.2) is 65.6 Å². The van der Waals surface area contributed by atoms with Gasteiger partial charge in [0.2, 0.25) is 15.9 Å². The van der Waals surface area contributed by atoms with Crippen LogP contribution in [0.4, 0.5) is 0 Å². The van der Waals surface area contributed by atoms with Gasteiger partial charge in [0, 0.05) is 13.1 Å². The van der Waals surface area contributed by atoms with Crippen molar-refractivity contribution in [3.63, 3.8) is 0 Å². The first-order valence-electron chi connectivity index (χ1n) is 9.89. The highest BCUT2D eigenvalue weighted by atomic mass is 32.2. The van der Waals surface area contributed by atoms with Crippen molar-refractivity contribution in [1.82, 2.24) is 9.62 Å². The Balaban J connectivity index is 1.73. The smallest absolute Gasteiger partial charge is 0.307 e. The molecule has 1 aliphatic rings. The Morgan fingerprint density at radius 3 is 2.37 bits per heavy atom. The van der Waals surface area contributed by atoms with E-state index >= 15 is 0 Å². The Bertz CT molecular complexity index is 964. The number of nitrogens with one attached hydrogen (secondary N) is 1. The first-order chi connectivity index (χ1) is 14.4. The molecule has 2 unspecified atom stereocenters. The number of esters is 1. The van der Waals surface area contributed by atoms with Crippen LogP contribution in [0.2, 0.25) is 0 Å². The van der Waals surface area contributed by atoms with E-state index in [0.717, 1.165) is 5.56 Å². The number of benzene rings is 2. The number of amides is 1. The molecule has 0 bridgehead atoms. The monoisotopic (exact) mass is 430 g/mol. The number of nitrogens with zero attached hydrogens (tertiary/aromatic N) is 1. The molecule has 0 radical (unpaired) electrons. The maximum Gasteiger partial charge on any atom is 0.307 e. The Labute approximate surface area is 177 Å². The number of carbonyl (C=O) groups is 2. The summed E-state index contributed by atoms with van der Waals surface area (Å²) in [6.45, 7) is 0.494. The first-order valence-corrected chi connectivity index (χ1v) is 11.3. The molecule has 8 heteroatoms. The molecule has 1 aliphatic heterocycles. The van der Waals surface area contributed by atoms with Crippen LogP contribution in [0, 0.1) is 5.92 Å². The maximum absolute atomic E-state index is 13.0. The number of piperidine rings is 1. The van der Waals surface area contributed by atoms with E-state index in [1.165, 1.54) is 11.4 Å². The summed E-state index contributed by atoms with van der Waals surface area (Å²) in [6, 6.07) is 16.9. The van der Waals surface area contributed by atoms with Gasteiger partial charge in [0.25, 0.3) is 0 Å². The van der Waals surface area contributed by atoms with Crippen molar-refractivity contribution in [3.8, 4) is 0 Å². The van der Waals surface area contributed by atoms with E-state index in [1.807, 2.05) is 30.3 Å². The number of hydrogen-bond donors (Lipinski definition) is 1. The van der Waals surface area contributed by atoms with Gasteiger partial charge in [0.05, 0.1) is 30.4 Å². The summed E-state index contributed by atoms with van der Waals surface area (Å²) in [5, 5.41) is 2.92. The molecule has 30 heavy (non-hydrogen) atoms. The fraction of sp³-hybridized carbons (Fsp3) is 0.364. The molecule has 7 nitrogen and oxygen atoms in total. The summed E-state index contributed by atoms with van der Waals surface area (Å²) in [7, 11) is -2.35. The molecule has 2 aromatic carbocycles. The third kappa shape index (κ3) is 5.25. The third-order valence-electron chi connectivity index (χ3n) is 5.25. The zero-order valence-electron chi connectivity index (χ0n) is 16.9. The van der Waals surface area contributed by atoms with Crippen LogP contribution in [0.1, 0.15) is 30.9 Å². The molecule has 0 spiro atoms. The molecule has 3 rings (SSSR count). The molecule has 1 N–H and O–H groups in total. The Hall–Kier alpha value is -2.71. The van der Waals surface area contributed by atoms with Crippen LogP contribution >= 0.6 is 0 Å². The van der Waals surface area contributed by atoms with Gasteiger partial charge in [-0.25, -0.2) is 8.42 Å². The standard InChI is InChI=1S/C22H26N2O5S/c1-29-21(25)15-20(17-9-4-2-5-10-17)23-22(26)18-11-8-14-24(16-18)30(27,28)19-12-6-3-7-13-19/h2-7,9-10,12-13,18,20H,8,11,14-16H2,1H3,(H,23,26). The fourth-order valence-corrected chi connectivity index (χ4v) is 5.14. The van der Waals surface area contributed by atoms with E-state index in [-0.39, 0.29) is 23.8 Å². The summed E-state index contributed by atoms with van der Waals surface area (Å²) in [6.07, 6.45) is 1.19. The third-order valence-corrected chi connectivity index (χ3v) is 7.13. The van der Waals surface area contributed by atoms with Crippen molar-refractivity contribution in [3.05, 3.63) is 66.2 Å². The lowest BCUT2D eigenvalue weighted by molar-refractivity contribution is -0.141. The zero-order valence-corrected chi connectivity index (χ0v) is 17.7. The van der Waals surface area contributed by atoms with Crippen LogP contribution in [-0.2, 0) is 24.3 Å². The average Bonchev–Trinajstić information content (AvgIpc) is 2.79. The van der Waals surface area contributed by atoms with Crippen LogP contribution in [0.3, 0.4) is 0 Å². The zero-order chi connectivity index (χ0) is 21.6. The minimum Gasteiger partial charge on any atom is -0.469 e. The fourth-order valence-electron chi connectivity index (χ4n) is 3.59. The topological polar surface area (TPSA) is 92.8 Å². The summed E-state index contributed by atoms with van der Waals surface area (Å²) in [5.41, 5.74) is 0.792. The first kappa shape index (κ1) is 22.0. The van der Waals surface area contributed by atoms with Gasteiger partial charge < -0.3 is 10.1 Å². The van der Waals surface area contributed by atoms with E-state index < -0.39 is 28.0 Å². The second-order valence-electron chi connectivity index (χ2n) is 7.27. The van der Waals surface area contributed by atoms with E-state index in [4.69, 9.17) is 4.74 Å². The van der Waals surface area contributed by atoms with Crippen LogP contribution in [-0.4, -0.2) is 44.8 Å². The van der Waals surface area contributed by atoms with Crippen molar-refractivity contribution in [1.29, 1.82) is 0 Å². The van der Waals surface area contributed by atoms with E-state index in [1.54, 1.807) is 30.3 Å². The molecule has 2 atom stereocenters. The lowest BCUT2D eigenvalue weighted by Crippen LogP contribution is -2.46. The quantitative estimate of drug-likeness (QED) is 0.682. The number of methoxy groups -OCH3 is 1. The second kappa shape index (κ2) is 9.86. The van der Waals surface area contributed by atoms with Gasteiger partial charge in [-0.2, -0.15) is 4.31 Å². The molecule has 0 aromatic heterocycles. The molecule has 0 aliphatic carbocycles. The van der Waals surface area contributed by atoms with Crippen LogP contribution < -0.4 is 5.32 Å². The van der Waals surface area contributed by atoms with Crippen molar-refractivity contribution in [2.24, 2.45) is 5.92 Å². The minimum atomic E-state index is -3.65. The van der Waals surface area contributed by atoms with Crippen molar-refractivity contribution in [2.45, 2.75) is 30.2 Å². The summed E-state index contributed by atoms with van der Waals surface area (Å²) < 4.78 is 32.0. The van der Waals surface area contributed by atoms with E-state index in [9.17, 15) is 18.0 Å². The molecule has 160 valence electrons. The minimum absolute atomic E-state index is 0.00496. The Morgan fingerprint density at radius 1 is 1.10 bits per heavy atom. The van der Waals surface area contributed by atoms with E-state index in [2.05, 4.69) is 5.32 Å². The van der Waals surface area contributed by atoms with Gasteiger partial charge >= 0.3 is 5.97 Å². The molecule has 1 fully saturated rings. The van der Waals surface area contributed by atoms with Gasteiger partial charge in [0.1, 0.15) is 0 Å². The van der Waals surface area contributed by atoms with Crippen molar-refractivity contribution in [2.75, 3.05) is 20.2 Å². The van der Waals surface area contributed by atoms with Gasteiger partial charge in [-0.15, -0.1) is 0 Å². The summed E-state index contributed by atoms with van der Waals surface area (Å²) in [4.78, 5) is 25.0. The maximum atomic E-state index is 13.0. The van der Waals surface area contributed by atoms with Crippen LogP contribution in [0.5, 0.6) is 0 Å². The number of sulfonamides is 1. The molecular formula is C22H26N2O5S. The largest absolute Gasteiger partial charge is 0.469 e. The average molecular weight is 431 g/mol. The number of hydrogen-bond acceptors (Lipinski definition) is 5. The molecule has 1 heterocycles. The van der Waals surface area contributed by atoms with Crippen molar-refractivity contribution >= 4 is 21.9 Å². The summed E-state index contributed by atoms with van der Waals surface area (Å²) in [5.74, 6) is -1.18. The van der Waals surface area contributed by atoms with Gasteiger partial charge in [-0.1, -0.05) is 48.5 Å². The normalized spacial score (nSPS) is 18.4. The lowest BCUT2D eigenvalue weighted by atomic mass is 9.97. The van der Waals surface area contributed by atoms with Gasteiger partial charge in [0.15, 0.2) is 0 Å². The molecule has 1 amide bonds. The molecular weight excluding hydrogens is 404 g/mol. The molecule has 2 aromatic rings. The van der Waals surface area contributed by atoms with Crippen molar-refractivity contribution < 1.29 is 22.7 Å². The van der Waals surface area contributed by atoms with Gasteiger partial charge in [-0.3, -0.25) is 9.59 Å². The SMILES string of the molecule is COC(=O)CC(NC(=O)C1CCCN(S(=O)(=O)c2ccccc2)C1)c1ccccc1. The number of rotatable bonds is 7. The lowest BCUT2D eigenvalue weighted by Gasteiger charge is -2.32. The highest BCUT2D eigenvalue weighted by molar-refractivity contribution is 7.89. The molecule has 0 saturated carbocycles. The Kier molecular flexibility index (Phi) is 7.23.